The summed E-state index contributed by atoms with van der Waals surface area (Å²) < 4.78 is 5.61. The number of rotatable bonds is 4. The fourth-order valence-electron chi connectivity index (χ4n) is 3.54. The number of carbonyl (C=O) groups excluding carboxylic acids is 2. The largest absolute Gasteiger partial charge is 0.482 e. The van der Waals surface area contributed by atoms with Gasteiger partial charge in [0.15, 0.2) is 6.61 Å². The van der Waals surface area contributed by atoms with E-state index in [1.54, 1.807) is 18.3 Å². The molecule has 1 aliphatic rings. The lowest BCUT2D eigenvalue weighted by Gasteiger charge is -2.33. The van der Waals surface area contributed by atoms with E-state index in [-0.39, 0.29) is 18.4 Å². The average Bonchev–Trinajstić information content (AvgIpc) is 3.06. The summed E-state index contributed by atoms with van der Waals surface area (Å²) >= 11 is 1.63. The third-order valence-electron chi connectivity index (χ3n) is 5.10. The van der Waals surface area contributed by atoms with Gasteiger partial charge in [0.25, 0.3) is 5.91 Å². The van der Waals surface area contributed by atoms with Crippen LogP contribution in [0.2, 0.25) is 0 Å². The van der Waals surface area contributed by atoms with Crippen LogP contribution in [0.3, 0.4) is 0 Å². The molecule has 0 saturated heterocycles. The van der Waals surface area contributed by atoms with E-state index >= 15 is 0 Å². The number of amides is 2. The van der Waals surface area contributed by atoms with Crippen LogP contribution < -0.4 is 15.0 Å². The number of nitrogens with one attached hydrogen (secondary N) is 1. The Morgan fingerprint density at radius 1 is 1.17 bits per heavy atom. The maximum absolute atomic E-state index is 12.9. The number of aryl methyl sites for hydroxylation is 3. The first-order chi connectivity index (χ1) is 14.3. The average molecular weight is 422 g/mol. The van der Waals surface area contributed by atoms with E-state index in [2.05, 4.69) is 10.3 Å². The molecule has 0 radical (unpaired) electrons. The van der Waals surface area contributed by atoms with E-state index in [0.29, 0.717) is 17.1 Å². The molecule has 4 rings (SSSR count). The minimum Gasteiger partial charge on any atom is -0.482 e. The highest BCUT2D eigenvalue weighted by molar-refractivity contribution is 7.11. The lowest BCUT2D eigenvalue weighted by Crippen LogP contribution is -2.49. The van der Waals surface area contributed by atoms with Gasteiger partial charge in [0.1, 0.15) is 11.8 Å². The SMILES string of the molecule is Cc1ccc(NC(=O)C(C)N2C(=O)COc3ccc(-c4nc(C)sc4C)cc32)cc1. The van der Waals surface area contributed by atoms with Crippen molar-refractivity contribution in [2.45, 2.75) is 33.7 Å². The van der Waals surface area contributed by atoms with Gasteiger partial charge in [-0.2, -0.15) is 0 Å². The van der Waals surface area contributed by atoms with Crippen LogP contribution in [0.25, 0.3) is 11.3 Å². The van der Waals surface area contributed by atoms with Crippen LogP contribution >= 0.6 is 11.3 Å². The maximum atomic E-state index is 12.9. The van der Waals surface area contributed by atoms with Gasteiger partial charge >= 0.3 is 0 Å². The normalized spacial score (nSPS) is 14.1. The maximum Gasteiger partial charge on any atom is 0.265 e. The first-order valence-corrected chi connectivity index (χ1v) is 10.6. The van der Waals surface area contributed by atoms with Crippen molar-refractivity contribution in [3.63, 3.8) is 0 Å². The molecule has 6 nitrogen and oxygen atoms in total. The monoisotopic (exact) mass is 421 g/mol. The summed E-state index contributed by atoms with van der Waals surface area (Å²) in [5, 5.41) is 3.87. The highest BCUT2D eigenvalue weighted by Gasteiger charge is 2.33. The zero-order chi connectivity index (χ0) is 21.4. The van der Waals surface area contributed by atoms with Crippen molar-refractivity contribution in [3.05, 3.63) is 57.9 Å². The molecule has 1 aliphatic heterocycles. The summed E-state index contributed by atoms with van der Waals surface area (Å²) in [6.45, 7) is 7.61. The number of carbonyl (C=O) groups is 2. The van der Waals surface area contributed by atoms with Crippen LogP contribution in [-0.2, 0) is 9.59 Å². The molecule has 2 amide bonds. The van der Waals surface area contributed by atoms with Gasteiger partial charge in [-0.15, -0.1) is 11.3 Å². The number of nitrogens with zero attached hydrogens (tertiary/aromatic N) is 2. The zero-order valence-corrected chi connectivity index (χ0v) is 18.2. The number of benzene rings is 2. The molecule has 0 fully saturated rings. The second kappa shape index (κ2) is 7.91. The Hall–Kier alpha value is -3.19. The molecule has 2 heterocycles. The summed E-state index contributed by atoms with van der Waals surface area (Å²) in [5.74, 6) is 0.0708. The molecule has 1 unspecified atom stereocenters. The Labute approximate surface area is 179 Å². The second-order valence-corrected chi connectivity index (χ2v) is 8.81. The number of hydrogen-bond donors (Lipinski definition) is 1. The van der Waals surface area contributed by atoms with Crippen LogP contribution in [0.1, 0.15) is 22.4 Å². The fourth-order valence-corrected chi connectivity index (χ4v) is 4.38. The molecule has 1 aromatic heterocycles. The quantitative estimate of drug-likeness (QED) is 0.674. The van der Waals surface area contributed by atoms with Crippen LogP contribution in [-0.4, -0.2) is 29.4 Å². The van der Waals surface area contributed by atoms with Gasteiger partial charge < -0.3 is 10.1 Å². The third-order valence-corrected chi connectivity index (χ3v) is 5.99. The van der Waals surface area contributed by atoms with Crippen molar-refractivity contribution in [2.75, 3.05) is 16.8 Å². The summed E-state index contributed by atoms with van der Waals surface area (Å²) in [4.78, 5) is 32.9. The third kappa shape index (κ3) is 3.80. The number of thiazole rings is 1. The molecule has 0 bridgehead atoms. The Kier molecular flexibility index (Phi) is 5.30. The number of anilines is 2. The molecule has 2 aromatic carbocycles. The highest BCUT2D eigenvalue weighted by atomic mass is 32.1. The van der Waals surface area contributed by atoms with Gasteiger partial charge in [-0.05, 0) is 58.0 Å². The minimum atomic E-state index is -0.699. The molecule has 0 spiro atoms. The number of ether oxygens (including phenoxy) is 1. The first-order valence-electron chi connectivity index (χ1n) is 9.74. The molecule has 154 valence electrons. The van der Waals surface area contributed by atoms with Gasteiger partial charge in [0.2, 0.25) is 5.91 Å². The van der Waals surface area contributed by atoms with Gasteiger partial charge in [0, 0.05) is 16.1 Å². The standard InChI is InChI=1S/C23H23N3O3S/c1-13-5-8-18(9-6-13)25-23(28)14(2)26-19-11-17(22-15(3)30-16(4)24-22)7-10-20(19)29-12-21(26)27/h5-11,14H,12H2,1-4H3,(H,25,28). The molecular formula is C23H23N3O3S. The number of fused-ring (bicyclic) bond motifs is 1. The summed E-state index contributed by atoms with van der Waals surface area (Å²) in [6.07, 6.45) is 0. The Balaban J connectivity index is 1.66. The smallest absolute Gasteiger partial charge is 0.265 e. The van der Waals surface area contributed by atoms with Crippen LogP contribution in [0.5, 0.6) is 5.75 Å². The Bertz CT molecular complexity index is 1120. The molecule has 3 aromatic rings. The van der Waals surface area contributed by atoms with E-state index in [1.165, 1.54) is 4.90 Å². The van der Waals surface area contributed by atoms with Crippen molar-refractivity contribution in [1.82, 2.24) is 4.98 Å². The van der Waals surface area contributed by atoms with Crippen molar-refractivity contribution >= 4 is 34.5 Å². The predicted molar refractivity (Wildman–Crippen MR) is 119 cm³/mol. The van der Waals surface area contributed by atoms with E-state index in [1.807, 2.05) is 63.2 Å². The molecule has 7 heteroatoms. The fraction of sp³-hybridized carbons (Fsp3) is 0.261. The van der Waals surface area contributed by atoms with Crippen LogP contribution in [0.15, 0.2) is 42.5 Å². The van der Waals surface area contributed by atoms with E-state index in [0.717, 1.165) is 26.7 Å². The zero-order valence-electron chi connectivity index (χ0n) is 17.4. The lowest BCUT2D eigenvalue weighted by atomic mass is 10.1. The van der Waals surface area contributed by atoms with E-state index < -0.39 is 6.04 Å². The van der Waals surface area contributed by atoms with Gasteiger partial charge in [-0.3, -0.25) is 14.5 Å². The van der Waals surface area contributed by atoms with Crippen molar-refractivity contribution in [1.29, 1.82) is 0 Å². The highest BCUT2D eigenvalue weighted by Crippen LogP contribution is 2.38. The van der Waals surface area contributed by atoms with E-state index in [9.17, 15) is 9.59 Å². The first kappa shape index (κ1) is 20.1. The Morgan fingerprint density at radius 2 is 1.90 bits per heavy atom. The van der Waals surface area contributed by atoms with Crippen molar-refractivity contribution in [2.24, 2.45) is 0 Å². The molecule has 0 saturated carbocycles. The predicted octanol–water partition coefficient (Wildman–Crippen LogP) is 4.49. The lowest BCUT2D eigenvalue weighted by molar-refractivity contribution is -0.125. The molecule has 1 atom stereocenters. The Morgan fingerprint density at radius 3 is 2.57 bits per heavy atom. The molecule has 0 aliphatic carbocycles. The molecule has 1 N–H and O–H groups in total. The van der Waals surface area contributed by atoms with Gasteiger partial charge in [-0.25, -0.2) is 4.98 Å². The van der Waals surface area contributed by atoms with Crippen LogP contribution in [0, 0.1) is 20.8 Å². The second-order valence-electron chi connectivity index (χ2n) is 7.40. The number of hydrogen-bond acceptors (Lipinski definition) is 5. The minimum absolute atomic E-state index is 0.0939. The van der Waals surface area contributed by atoms with E-state index in [4.69, 9.17) is 4.74 Å². The van der Waals surface area contributed by atoms with Crippen LogP contribution in [0.4, 0.5) is 11.4 Å². The molecular weight excluding hydrogens is 398 g/mol. The van der Waals surface area contributed by atoms with Crippen molar-refractivity contribution < 1.29 is 14.3 Å². The number of aromatic nitrogens is 1. The summed E-state index contributed by atoms with van der Waals surface area (Å²) in [5.41, 5.74) is 4.17. The van der Waals surface area contributed by atoms with Gasteiger partial charge in [0.05, 0.1) is 16.4 Å². The topological polar surface area (TPSA) is 71.5 Å². The molecule has 30 heavy (non-hydrogen) atoms. The van der Waals surface area contributed by atoms with Gasteiger partial charge in [-0.1, -0.05) is 17.7 Å². The summed E-state index contributed by atoms with van der Waals surface area (Å²) in [7, 11) is 0. The summed E-state index contributed by atoms with van der Waals surface area (Å²) in [6, 6.07) is 12.5. The van der Waals surface area contributed by atoms with Crippen molar-refractivity contribution in [3.8, 4) is 17.0 Å².